The predicted molar refractivity (Wildman–Crippen MR) is 84.0 cm³/mol. The SMILES string of the molecule is COc1ccc(C)cc1C(N)CN1CCC(C(C)C)C1. The summed E-state index contributed by atoms with van der Waals surface area (Å²) in [6.45, 7) is 10.0. The van der Waals surface area contributed by atoms with E-state index in [9.17, 15) is 0 Å². The second kappa shape index (κ2) is 6.59. The van der Waals surface area contributed by atoms with Gasteiger partial charge in [-0.2, -0.15) is 0 Å². The van der Waals surface area contributed by atoms with Crippen molar-refractivity contribution in [1.29, 1.82) is 0 Å². The first-order chi connectivity index (χ1) is 9.51. The number of ether oxygens (including phenoxy) is 1. The van der Waals surface area contributed by atoms with E-state index < -0.39 is 0 Å². The Hall–Kier alpha value is -1.06. The number of hydrogen-bond donors (Lipinski definition) is 1. The van der Waals surface area contributed by atoms with Gasteiger partial charge in [0.1, 0.15) is 5.75 Å². The number of nitrogens with two attached hydrogens (primary N) is 1. The minimum atomic E-state index is 0.0239. The smallest absolute Gasteiger partial charge is 0.123 e. The van der Waals surface area contributed by atoms with Crippen molar-refractivity contribution in [3.8, 4) is 5.75 Å². The molecule has 0 bridgehead atoms. The topological polar surface area (TPSA) is 38.5 Å². The Bertz CT molecular complexity index is 445. The highest BCUT2D eigenvalue weighted by Gasteiger charge is 2.26. The summed E-state index contributed by atoms with van der Waals surface area (Å²) in [5.41, 5.74) is 8.78. The quantitative estimate of drug-likeness (QED) is 0.898. The van der Waals surface area contributed by atoms with Crippen LogP contribution in [-0.4, -0.2) is 31.6 Å². The van der Waals surface area contributed by atoms with Gasteiger partial charge < -0.3 is 15.4 Å². The van der Waals surface area contributed by atoms with Gasteiger partial charge in [-0.1, -0.05) is 31.5 Å². The number of benzene rings is 1. The highest BCUT2D eigenvalue weighted by Crippen LogP contribution is 2.28. The van der Waals surface area contributed by atoms with E-state index in [1.165, 1.54) is 25.1 Å². The highest BCUT2D eigenvalue weighted by molar-refractivity contribution is 5.39. The Kier molecular flexibility index (Phi) is 5.06. The van der Waals surface area contributed by atoms with E-state index in [4.69, 9.17) is 10.5 Å². The molecule has 2 N–H and O–H groups in total. The molecule has 1 aliphatic heterocycles. The molecule has 1 aliphatic rings. The van der Waals surface area contributed by atoms with Crippen molar-refractivity contribution in [2.45, 2.75) is 33.2 Å². The van der Waals surface area contributed by atoms with Gasteiger partial charge in [0.05, 0.1) is 7.11 Å². The van der Waals surface area contributed by atoms with Gasteiger partial charge in [-0.25, -0.2) is 0 Å². The Labute approximate surface area is 123 Å². The molecule has 1 heterocycles. The number of methoxy groups -OCH3 is 1. The molecule has 0 aromatic heterocycles. The van der Waals surface area contributed by atoms with Crippen LogP contribution in [0.1, 0.15) is 37.4 Å². The molecule has 0 aliphatic carbocycles. The van der Waals surface area contributed by atoms with E-state index in [1.54, 1.807) is 7.11 Å². The lowest BCUT2D eigenvalue weighted by Crippen LogP contribution is -2.31. The number of rotatable bonds is 5. The molecule has 0 saturated carbocycles. The summed E-state index contributed by atoms with van der Waals surface area (Å²) in [6.07, 6.45) is 1.30. The van der Waals surface area contributed by atoms with Gasteiger partial charge in [-0.05, 0) is 37.8 Å². The van der Waals surface area contributed by atoms with Crippen LogP contribution in [0.25, 0.3) is 0 Å². The van der Waals surface area contributed by atoms with Crippen LogP contribution in [0.15, 0.2) is 18.2 Å². The van der Waals surface area contributed by atoms with E-state index in [0.29, 0.717) is 0 Å². The summed E-state index contributed by atoms with van der Waals surface area (Å²) in [5.74, 6) is 2.49. The molecule has 2 unspecified atom stereocenters. The molecule has 0 radical (unpaired) electrons. The van der Waals surface area contributed by atoms with E-state index in [1.807, 2.05) is 6.07 Å². The third-order valence-electron chi connectivity index (χ3n) is 4.49. The summed E-state index contributed by atoms with van der Waals surface area (Å²) in [6, 6.07) is 6.26. The van der Waals surface area contributed by atoms with Crippen LogP contribution in [0.2, 0.25) is 0 Å². The monoisotopic (exact) mass is 276 g/mol. The molecule has 1 fully saturated rings. The number of hydrogen-bond acceptors (Lipinski definition) is 3. The fraction of sp³-hybridized carbons (Fsp3) is 0.647. The molecule has 1 aromatic carbocycles. The zero-order valence-corrected chi connectivity index (χ0v) is 13.2. The van der Waals surface area contributed by atoms with Crippen LogP contribution in [-0.2, 0) is 0 Å². The van der Waals surface area contributed by atoms with Crippen molar-refractivity contribution in [1.82, 2.24) is 4.90 Å². The maximum atomic E-state index is 6.42. The van der Waals surface area contributed by atoms with Gasteiger partial charge in [0.2, 0.25) is 0 Å². The first kappa shape index (κ1) is 15.3. The lowest BCUT2D eigenvalue weighted by atomic mass is 9.95. The average molecular weight is 276 g/mol. The van der Waals surface area contributed by atoms with Crippen LogP contribution in [0.4, 0.5) is 0 Å². The Balaban J connectivity index is 2.02. The molecule has 2 rings (SSSR count). The van der Waals surface area contributed by atoms with Crippen molar-refractivity contribution in [3.63, 3.8) is 0 Å². The van der Waals surface area contributed by atoms with Crippen molar-refractivity contribution in [3.05, 3.63) is 29.3 Å². The molecule has 1 saturated heterocycles. The van der Waals surface area contributed by atoms with Gasteiger partial charge in [-0.15, -0.1) is 0 Å². The van der Waals surface area contributed by atoms with Gasteiger partial charge in [0.15, 0.2) is 0 Å². The Morgan fingerprint density at radius 2 is 2.15 bits per heavy atom. The van der Waals surface area contributed by atoms with E-state index in [0.717, 1.165) is 29.7 Å². The van der Waals surface area contributed by atoms with Crippen LogP contribution in [0.5, 0.6) is 5.75 Å². The fourth-order valence-electron chi connectivity index (χ4n) is 3.09. The van der Waals surface area contributed by atoms with Crippen LogP contribution in [0, 0.1) is 18.8 Å². The summed E-state index contributed by atoms with van der Waals surface area (Å²) >= 11 is 0. The first-order valence-electron chi connectivity index (χ1n) is 7.63. The molecule has 1 aromatic rings. The standard InChI is InChI=1S/C17H28N2O/c1-12(2)14-7-8-19(10-14)11-16(18)15-9-13(3)5-6-17(15)20-4/h5-6,9,12,14,16H,7-8,10-11,18H2,1-4H3. The average Bonchev–Trinajstić information content (AvgIpc) is 2.87. The normalized spacial score (nSPS) is 21.4. The minimum Gasteiger partial charge on any atom is -0.496 e. The van der Waals surface area contributed by atoms with E-state index >= 15 is 0 Å². The van der Waals surface area contributed by atoms with Crippen LogP contribution >= 0.6 is 0 Å². The Morgan fingerprint density at radius 1 is 1.40 bits per heavy atom. The van der Waals surface area contributed by atoms with Crippen molar-refractivity contribution < 1.29 is 4.74 Å². The van der Waals surface area contributed by atoms with Crippen LogP contribution in [0.3, 0.4) is 0 Å². The second-order valence-corrected chi connectivity index (χ2v) is 6.40. The molecule has 20 heavy (non-hydrogen) atoms. The molecular weight excluding hydrogens is 248 g/mol. The fourth-order valence-corrected chi connectivity index (χ4v) is 3.09. The molecule has 3 heteroatoms. The zero-order valence-electron chi connectivity index (χ0n) is 13.2. The minimum absolute atomic E-state index is 0.0239. The maximum absolute atomic E-state index is 6.42. The summed E-state index contributed by atoms with van der Waals surface area (Å²) in [7, 11) is 1.71. The number of nitrogens with zero attached hydrogens (tertiary/aromatic N) is 1. The van der Waals surface area contributed by atoms with E-state index in [2.05, 4.69) is 37.8 Å². The van der Waals surface area contributed by atoms with Crippen molar-refractivity contribution in [2.24, 2.45) is 17.6 Å². The van der Waals surface area contributed by atoms with Crippen LogP contribution < -0.4 is 10.5 Å². The van der Waals surface area contributed by atoms with Gasteiger partial charge in [0, 0.05) is 24.7 Å². The molecule has 112 valence electrons. The number of aryl methyl sites for hydroxylation is 1. The molecule has 3 nitrogen and oxygen atoms in total. The summed E-state index contributed by atoms with van der Waals surface area (Å²) in [4.78, 5) is 2.50. The zero-order chi connectivity index (χ0) is 14.7. The lowest BCUT2D eigenvalue weighted by Gasteiger charge is -2.23. The van der Waals surface area contributed by atoms with Gasteiger partial charge >= 0.3 is 0 Å². The lowest BCUT2D eigenvalue weighted by molar-refractivity contribution is 0.284. The third kappa shape index (κ3) is 3.53. The molecule has 0 spiro atoms. The largest absolute Gasteiger partial charge is 0.496 e. The molecule has 0 amide bonds. The first-order valence-corrected chi connectivity index (χ1v) is 7.63. The third-order valence-corrected chi connectivity index (χ3v) is 4.49. The highest BCUT2D eigenvalue weighted by atomic mass is 16.5. The van der Waals surface area contributed by atoms with Crippen molar-refractivity contribution >= 4 is 0 Å². The van der Waals surface area contributed by atoms with Gasteiger partial charge in [-0.3, -0.25) is 0 Å². The van der Waals surface area contributed by atoms with E-state index in [-0.39, 0.29) is 6.04 Å². The summed E-state index contributed by atoms with van der Waals surface area (Å²) < 4.78 is 5.45. The second-order valence-electron chi connectivity index (χ2n) is 6.40. The van der Waals surface area contributed by atoms with Crippen molar-refractivity contribution in [2.75, 3.05) is 26.7 Å². The Morgan fingerprint density at radius 3 is 2.75 bits per heavy atom. The summed E-state index contributed by atoms with van der Waals surface area (Å²) in [5, 5.41) is 0. The maximum Gasteiger partial charge on any atom is 0.123 e. The predicted octanol–water partition coefficient (Wildman–Crippen LogP) is 2.98. The molecule has 2 atom stereocenters. The number of likely N-dealkylation sites (tertiary alicyclic amines) is 1. The van der Waals surface area contributed by atoms with Gasteiger partial charge in [0.25, 0.3) is 0 Å². The molecular formula is C17H28N2O.